The third-order valence-electron chi connectivity index (χ3n) is 5.45. The van der Waals surface area contributed by atoms with Crippen LogP contribution in [-0.2, 0) is 0 Å². The topological polar surface area (TPSA) is 63.4 Å². The summed E-state index contributed by atoms with van der Waals surface area (Å²) in [5, 5.41) is 10.5. The predicted molar refractivity (Wildman–Crippen MR) is 132 cm³/mol. The van der Waals surface area contributed by atoms with E-state index in [-0.39, 0.29) is 6.04 Å². The summed E-state index contributed by atoms with van der Waals surface area (Å²) in [4.78, 5) is 7.87. The first-order valence-electron chi connectivity index (χ1n) is 10.9. The van der Waals surface area contributed by atoms with E-state index in [0.717, 1.165) is 40.4 Å². The van der Waals surface area contributed by atoms with Crippen LogP contribution in [0.1, 0.15) is 51.6 Å². The van der Waals surface area contributed by atoms with Gasteiger partial charge in [-0.05, 0) is 67.5 Å². The van der Waals surface area contributed by atoms with E-state index in [2.05, 4.69) is 48.3 Å². The van der Waals surface area contributed by atoms with E-state index in [1.807, 2.05) is 36.6 Å². The summed E-state index contributed by atoms with van der Waals surface area (Å²) >= 11 is 7.36. The highest BCUT2D eigenvalue weighted by atomic mass is 32.1. The lowest BCUT2D eigenvalue weighted by Gasteiger charge is -2.37. The summed E-state index contributed by atoms with van der Waals surface area (Å²) in [7, 11) is 0. The Bertz CT molecular complexity index is 1090. The third kappa shape index (κ3) is 4.71. The Labute approximate surface area is 198 Å². The van der Waals surface area contributed by atoms with Gasteiger partial charge in [0.2, 0.25) is 5.82 Å². The highest BCUT2D eigenvalue weighted by Gasteiger charge is 2.34. The summed E-state index contributed by atoms with van der Waals surface area (Å²) in [6.07, 6.45) is 1.03. The van der Waals surface area contributed by atoms with Crippen LogP contribution < -0.4 is 10.1 Å². The molecule has 0 bridgehead atoms. The second-order valence-corrected chi connectivity index (χ2v) is 9.45. The fraction of sp³-hybridized carbons (Fsp3) is 0.375. The van der Waals surface area contributed by atoms with Crippen molar-refractivity contribution in [3.05, 3.63) is 58.9 Å². The second kappa shape index (κ2) is 9.83. The molecule has 1 unspecified atom stereocenters. The Kier molecular flexibility index (Phi) is 6.91. The van der Waals surface area contributed by atoms with E-state index in [1.165, 1.54) is 0 Å². The predicted octanol–water partition coefficient (Wildman–Crippen LogP) is 5.91. The fourth-order valence-corrected chi connectivity index (χ4v) is 4.72. The summed E-state index contributed by atoms with van der Waals surface area (Å²) < 4.78 is 11.4. The minimum absolute atomic E-state index is 0.190. The number of thiophene rings is 1. The van der Waals surface area contributed by atoms with Crippen molar-refractivity contribution in [1.29, 1.82) is 0 Å². The van der Waals surface area contributed by atoms with Gasteiger partial charge in [0.25, 0.3) is 5.89 Å². The highest BCUT2D eigenvalue weighted by molar-refractivity contribution is 7.80. The van der Waals surface area contributed by atoms with Gasteiger partial charge in [0.15, 0.2) is 5.11 Å². The van der Waals surface area contributed by atoms with Gasteiger partial charge < -0.3 is 19.5 Å². The quantitative estimate of drug-likeness (QED) is 0.413. The molecule has 8 heteroatoms. The molecule has 0 aliphatic carbocycles. The molecule has 4 rings (SSSR count). The standard InChI is InChI=1S/C24H28N4O2S2/c1-5-29-18-10-8-17(9-11-18)21-20(16(4)28(24(31)25-21)13-12-15(2)3)23-26-22(27-30-23)19-7-6-14-32-19/h6-11,14-15,21H,5,12-13H2,1-4H3,(H,25,31). The van der Waals surface area contributed by atoms with E-state index in [4.69, 9.17) is 26.5 Å². The summed E-state index contributed by atoms with van der Waals surface area (Å²) in [5.41, 5.74) is 3.04. The van der Waals surface area contributed by atoms with E-state index in [0.29, 0.717) is 29.4 Å². The molecule has 1 atom stereocenters. The fourth-order valence-electron chi connectivity index (χ4n) is 3.73. The first kappa shape index (κ1) is 22.5. The second-order valence-electron chi connectivity index (χ2n) is 8.12. The molecule has 3 aromatic rings. The highest BCUT2D eigenvalue weighted by Crippen LogP contribution is 2.38. The Morgan fingerprint density at radius 3 is 2.69 bits per heavy atom. The Morgan fingerprint density at radius 2 is 2.03 bits per heavy atom. The molecule has 1 aliphatic rings. The molecule has 1 aliphatic heterocycles. The maximum Gasteiger partial charge on any atom is 0.258 e. The van der Waals surface area contributed by atoms with Gasteiger partial charge in [-0.1, -0.05) is 37.2 Å². The number of benzene rings is 1. The van der Waals surface area contributed by atoms with Crippen LogP contribution in [0.15, 0.2) is 52.0 Å². The van der Waals surface area contributed by atoms with Crippen molar-refractivity contribution in [3.8, 4) is 16.5 Å². The van der Waals surface area contributed by atoms with Crippen LogP contribution in [-0.4, -0.2) is 33.3 Å². The molecule has 2 aromatic heterocycles. The van der Waals surface area contributed by atoms with Crippen molar-refractivity contribution < 1.29 is 9.26 Å². The van der Waals surface area contributed by atoms with Gasteiger partial charge in [-0.2, -0.15) is 4.98 Å². The molecule has 168 valence electrons. The molecule has 0 amide bonds. The average Bonchev–Trinajstić information content (AvgIpc) is 3.46. The average molecular weight is 469 g/mol. The smallest absolute Gasteiger partial charge is 0.258 e. The van der Waals surface area contributed by atoms with E-state index in [9.17, 15) is 0 Å². The number of hydrogen-bond acceptors (Lipinski definition) is 6. The molecule has 0 spiro atoms. The molecular formula is C24H28N4O2S2. The number of thiocarbonyl (C=S) groups is 1. The van der Waals surface area contributed by atoms with Gasteiger partial charge in [-0.25, -0.2) is 0 Å². The molecular weight excluding hydrogens is 440 g/mol. The van der Waals surface area contributed by atoms with Crippen molar-refractivity contribution in [2.75, 3.05) is 13.2 Å². The van der Waals surface area contributed by atoms with Crippen molar-refractivity contribution in [1.82, 2.24) is 20.4 Å². The number of ether oxygens (including phenoxy) is 1. The normalized spacial score (nSPS) is 16.6. The number of nitrogens with zero attached hydrogens (tertiary/aromatic N) is 3. The van der Waals surface area contributed by atoms with Crippen molar-refractivity contribution in [2.45, 2.75) is 40.2 Å². The number of nitrogens with one attached hydrogen (secondary N) is 1. The van der Waals surface area contributed by atoms with Crippen LogP contribution in [0.4, 0.5) is 0 Å². The first-order chi connectivity index (χ1) is 15.5. The zero-order valence-electron chi connectivity index (χ0n) is 18.8. The van der Waals surface area contributed by atoms with Gasteiger partial charge in [0.1, 0.15) is 5.75 Å². The summed E-state index contributed by atoms with van der Waals surface area (Å²) in [5.74, 6) is 2.52. The Hall–Kier alpha value is -2.71. The summed E-state index contributed by atoms with van der Waals surface area (Å²) in [6.45, 7) is 9.96. The monoisotopic (exact) mass is 468 g/mol. The largest absolute Gasteiger partial charge is 0.494 e. The van der Waals surface area contributed by atoms with Crippen molar-refractivity contribution in [2.24, 2.45) is 5.92 Å². The maximum atomic E-state index is 5.77. The molecule has 1 N–H and O–H groups in total. The molecule has 32 heavy (non-hydrogen) atoms. The van der Waals surface area contributed by atoms with E-state index in [1.54, 1.807) is 11.3 Å². The van der Waals surface area contributed by atoms with E-state index >= 15 is 0 Å². The van der Waals surface area contributed by atoms with Crippen LogP contribution in [0, 0.1) is 5.92 Å². The number of aromatic nitrogens is 2. The third-order valence-corrected chi connectivity index (χ3v) is 6.65. The lowest BCUT2D eigenvalue weighted by molar-refractivity contribution is 0.340. The zero-order valence-corrected chi connectivity index (χ0v) is 20.4. The van der Waals surface area contributed by atoms with E-state index < -0.39 is 0 Å². The maximum absolute atomic E-state index is 5.77. The number of rotatable bonds is 8. The molecule has 0 saturated carbocycles. The van der Waals surface area contributed by atoms with Gasteiger partial charge in [0, 0.05) is 12.2 Å². The molecule has 1 aromatic carbocycles. The Balaban J connectivity index is 1.75. The van der Waals surface area contributed by atoms with Crippen LogP contribution in [0.25, 0.3) is 16.3 Å². The lowest BCUT2D eigenvalue weighted by atomic mass is 9.94. The van der Waals surface area contributed by atoms with Crippen LogP contribution in [0.3, 0.4) is 0 Å². The molecule has 0 fully saturated rings. The van der Waals surface area contributed by atoms with Crippen LogP contribution >= 0.6 is 23.6 Å². The van der Waals surface area contributed by atoms with Crippen molar-refractivity contribution in [3.63, 3.8) is 0 Å². The van der Waals surface area contributed by atoms with Gasteiger partial charge >= 0.3 is 0 Å². The van der Waals surface area contributed by atoms with Crippen LogP contribution in [0.5, 0.6) is 5.75 Å². The number of allylic oxidation sites excluding steroid dienone is 1. The van der Waals surface area contributed by atoms with Gasteiger partial charge in [-0.3, -0.25) is 0 Å². The van der Waals surface area contributed by atoms with Crippen LogP contribution in [0.2, 0.25) is 0 Å². The minimum Gasteiger partial charge on any atom is -0.494 e. The minimum atomic E-state index is -0.190. The van der Waals surface area contributed by atoms with Gasteiger partial charge in [-0.15, -0.1) is 11.3 Å². The molecule has 0 saturated heterocycles. The molecule has 6 nitrogen and oxygen atoms in total. The van der Waals surface area contributed by atoms with Crippen molar-refractivity contribution >= 4 is 34.2 Å². The SMILES string of the molecule is CCOc1ccc(C2NC(=S)N(CCC(C)C)C(C)=C2c2nc(-c3cccs3)no2)cc1. The molecule has 0 radical (unpaired) electrons. The van der Waals surface area contributed by atoms with Gasteiger partial charge in [0.05, 0.1) is 23.1 Å². The zero-order chi connectivity index (χ0) is 22.7. The molecule has 3 heterocycles. The number of hydrogen-bond donors (Lipinski definition) is 1. The Morgan fingerprint density at radius 1 is 1.25 bits per heavy atom. The lowest BCUT2D eigenvalue weighted by Crippen LogP contribution is -2.46. The first-order valence-corrected chi connectivity index (χ1v) is 12.2. The summed E-state index contributed by atoms with van der Waals surface area (Å²) in [6, 6.07) is 11.9.